The van der Waals surface area contributed by atoms with Crippen molar-refractivity contribution in [2.75, 3.05) is 7.05 Å². The molecule has 1 aromatic heterocycles. The Morgan fingerprint density at radius 1 is 1.03 bits per heavy atom. The summed E-state index contributed by atoms with van der Waals surface area (Å²) in [7, 11) is -3.14. The van der Waals surface area contributed by atoms with E-state index in [1.54, 1.807) is 24.3 Å². The Kier molecular flexibility index (Phi) is 6.37. The lowest BCUT2D eigenvalue weighted by molar-refractivity contribution is -0.137. The molecule has 7 nitrogen and oxygen atoms in total. The lowest BCUT2D eigenvalue weighted by Gasteiger charge is -2.17. The van der Waals surface area contributed by atoms with E-state index in [0.717, 1.165) is 23.8 Å². The van der Waals surface area contributed by atoms with Crippen LogP contribution in [0.25, 0.3) is 0 Å². The molecule has 0 atom stereocenters. The summed E-state index contributed by atoms with van der Waals surface area (Å²) in [5.41, 5.74) is 4.07. The van der Waals surface area contributed by atoms with Crippen LogP contribution in [0.15, 0.2) is 64.4 Å². The molecule has 3 rings (SSSR count). The number of hydrogen-bond donors (Lipinski definition) is 2. The number of hydrogen-bond acceptors (Lipinski definition) is 4. The summed E-state index contributed by atoms with van der Waals surface area (Å²) < 4.78 is 65.8. The van der Waals surface area contributed by atoms with E-state index in [4.69, 9.17) is 5.73 Å². The Balaban J connectivity index is 2.08. The molecule has 0 spiro atoms. The van der Waals surface area contributed by atoms with E-state index in [1.165, 1.54) is 18.9 Å². The first-order valence-corrected chi connectivity index (χ1v) is 11.1. The van der Waals surface area contributed by atoms with E-state index >= 15 is 0 Å². The highest BCUT2D eigenvalue weighted by Gasteiger charge is 2.35. The number of carbonyl (C=O) groups excluding carboxylic acids is 2. The Morgan fingerprint density at radius 3 is 2.24 bits per heavy atom. The molecule has 2 aromatic carbocycles. The van der Waals surface area contributed by atoms with Crippen molar-refractivity contribution in [3.63, 3.8) is 0 Å². The van der Waals surface area contributed by atoms with Gasteiger partial charge in [0.25, 0.3) is 11.8 Å². The summed E-state index contributed by atoms with van der Waals surface area (Å²) >= 11 is 0. The number of halogens is 3. The third-order valence-electron chi connectivity index (χ3n) is 5.00. The number of primary amides is 1. The fourth-order valence-corrected chi connectivity index (χ4v) is 5.08. The molecular formula is C22H20F3N3O4S. The summed E-state index contributed by atoms with van der Waals surface area (Å²) in [5, 5.41) is 0. The number of nitrogens with two attached hydrogens (primary N) is 1. The number of sulfone groups is 1. The Hall–Kier alpha value is -3.60. The van der Waals surface area contributed by atoms with Gasteiger partial charge in [0.1, 0.15) is 16.3 Å². The molecule has 0 saturated carbocycles. The zero-order chi connectivity index (χ0) is 24.6. The molecule has 11 heteroatoms. The molecule has 2 amide bonds. The molecule has 0 radical (unpaired) electrons. The second kappa shape index (κ2) is 8.74. The van der Waals surface area contributed by atoms with Gasteiger partial charge in [0, 0.05) is 13.6 Å². The smallest absolute Gasteiger partial charge is 0.364 e. The Labute approximate surface area is 187 Å². The molecule has 1 heterocycles. The Morgan fingerprint density at radius 2 is 1.67 bits per heavy atom. The van der Waals surface area contributed by atoms with E-state index in [-0.39, 0.29) is 17.8 Å². The van der Waals surface area contributed by atoms with Crippen LogP contribution < -0.4 is 5.73 Å². The number of nitrogens with zero attached hydrogens (tertiary/aromatic N) is 1. The standard InChI is InChI=1S/C22H20F3N3O4S/c1-13-17(21(30)28(2)12-14-7-4-3-5-8-14)27-18(20(26)29)19(13)33(31,32)16-10-6-9-15(11-16)22(23,24)25/h3-11,27H,12H2,1-2H3,(H2,26,29). The van der Waals surface area contributed by atoms with E-state index in [2.05, 4.69) is 4.98 Å². The topological polar surface area (TPSA) is 113 Å². The molecule has 0 fully saturated rings. The van der Waals surface area contributed by atoms with Gasteiger partial charge in [-0.2, -0.15) is 13.2 Å². The minimum Gasteiger partial charge on any atom is -0.364 e. The summed E-state index contributed by atoms with van der Waals surface area (Å²) in [6.07, 6.45) is -4.77. The molecule has 0 aliphatic carbocycles. The third kappa shape index (κ3) is 4.77. The predicted molar refractivity (Wildman–Crippen MR) is 113 cm³/mol. The molecule has 33 heavy (non-hydrogen) atoms. The predicted octanol–water partition coefficient (Wildman–Crippen LogP) is 3.55. The Bertz CT molecular complexity index is 1320. The van der Waals surface area contributed by atoms with Gasteiger partial charge in [0.2, 0.25) is 9.84 Å². The average molecular weight is 479 g/mol. The van der Waals surface area contributed by atoms with E-state index < -0.39 is 48.9 Å². The molecule has 3 aromatic rings. The van der Waals surface area contributed by atoms with Gasteiger partial charge < -0.3 is 15.6 Å². The van der Waals surface area contributed by atoms with Gasteiger partial charge in [0.15, 0.2) is 0 Å². The maximum Gasteiger partial charge on any atom is 0.416 e. The normalized spacial score (nSPS) is 11.9. The van der Waals surface area contributed by atoms with Crippen molar-refractivity contribution in [1.29, 1.82) is 0 Å². The molecule has 0 saturated heterocycles. The highest BCUT2D eigenvalue weighted by Crippen LogP contribution is 2.34. The van der Waals surface area contributed by atoms with Crippen LogP contribution in [0.1, 0.15) is 37.7 Å². The van der Waals surface area contributed by atoms with Crippen LogP contribution in [0, 0.1) is 6.92 Å². The number of nitrogens with one attached hydrogen (secondary N) is 1. The van der Waals surface area contributed by atoms with Crippen LogP contribution in [-0.4, -0.2) is 37.2 Å². The monoisotopic (exact) mass is 479 g/mol. The van der Waals surface area contributed by atoms with Gasteiger partial charge in [-0.25, -0.2) is 8.42 Å². The van der Waals surface area contributed by atoms with Crippen molar-refractivity contribution >= 4 is 21.7 Å². The van der Waals surface area contributed by atoms with Gasteiger partial charge in [-0.05, 0) is 36.2 Å². The van der Waals surface area contributed by atoms with Crippen molar-refractivity contribution in [2.24, 2.45) is 5.73 Å². The molecule has 0 aliphatic rings. The van der Waals surface area contributed by atoms with Gasteiger partial charge in [0.05, 0.1) is 10.5 Å². The van der Waals surface area contributed by atoms with Crippen LogP contribution >= 0.6 is 0 Å². The maximum atomic E-state index is 13.2. The molecule has 0 unspecified atom stereocenters. The van der Waals surface area contributed by atoms with Crippen molar-refractivity contribution < 1.29 is 31.2 Å². The molecule has 3 N–H and O–H groups in total. The van der Waals surface area contributed by atoms with Gasteiger partial charge >= 0.3 is 6.18 Å². The summed E-state index contributed by atoms with van der Waals surface area (Å²) in [6.45, 7) is 1.48. The second-order valence-electron chi connectivity index (χ2n) is 7.37. The third-order valence-corrected chi connectivity index (χ3v) is 6.92. The first kappa shape index (κ1) is 24.1. The highest BCUT2D eigenvalue weighted by molar-refractivity contribution is 7.91. The van der Waals surface area contributed by atoms with Crippen LogP contribution in [0.5, 0.6) is 0 Å². The molecular weight excluding hydrogens is 459 g/mol. The van der Waals surface area contributed by atoms with E-state index in [9.17, 15) is 31.2 Å². The van der Waals surface area contributed by atoms with Crippen LogP contribution in [-0.2, 0) is 22.6 Å². The van der Waals surface area contributed by atoms with Crippen LogP contribution in [0.4, 0.5) is 13.2 Å². The number of aromatic nitrogens is 1. The number of H-pyrrole nitrogens is 1. The number of alkyl halides is 3. The second-order valence-corrected chi connectivity index (χ2v) is 9.26. The van der Waals surface area contributed by atoms with Gasteiger partial charge in [-0.3, -0.25) is 9.59 Å². The quantitative estimate of drug-likeness (QED) is 0.563. The number of amides is 2. The fraction of sp³-hybridized carbons (Fsp3) is 0.182. The average Bonchev–Trinajstić information content (AvgIpc) is 3.11. The summed E-state index contributed by atoms with van der Waals surface area (Å²) in [6, 6.07) is 12.1. The van der Waals surface area contributed by atoms with Crippen molar-refractivity contribution in [3.05, 3.63) is 82.7 Å². The first-order chi connectivity index (χ1) is 15.3. The zero-order valence-electron chi connectivity index (χ0n) is 17.6. The maximum absolute atomic E-state index is 13.2. The van der Waals surface area contributed by atoms with Gasteiger partial charge in [-0.15, -0.1) is 0 Å². The van der Waals surface area contributed by atoms with Crippen LogP contribution in [0.3, 0.4) is 0 Å². The number of benzene rings is 2. The van der Waals surface area contributed by atoms with Crippen LogP contribution in [0.2, 0.25) is 0 Å². The first-order valence-electron chi connectivity index (χ1n) is 9.58. The molecule has 0 bridgehead atoms. The van der Waals surface area contributed by atoms with Gasteiger partial charge in [-0.1, -0.05) is 36.4 Å². The lowest BCUT2D eigenvalue weighted by atomic mass is 10.2. The number of carbonyl (C=O) groups is 2. The minimum absolute atomic E-state index is 0.119. The lowest BCUT2D eigenvalue weighted by Crippen LogP contribution is -2.27. The van der Waals surface area contributed by atoms with E-state index in [1.807, 2.05) is 6.07 Å². The zero-order valence-corrected chi connectivity index (χ0v) is 18.4. The summed E-state index contributed by atoms with van der Waals surface area (Å²) in [5.74, 6) is -1.79. The highest BCUT2D eigenvalue weighted by atomic mass is 32.2. The number of rotatable bonds is 6. The molecule has 174 valence electrons. The number of aromatic amines is 1. The van der Waals surface area contributed by atoms with Crippen molar-refractivity contribution in [3.8, 4) is 0 Å². The summed E-state index contributed by atoms with van der Waals surface area (Å²) in [4.78, 5) is 27.5. The SMILES string of the molecule is Cc1c(C(=O)N(C)Cc2ccccc2)[nH]c(C(N)=O)c1S(=O)(=O)c1cccc(C(F)(F)F)c1. The largest absolute Gasteiger partial charge is 0.416 e. The molecule has 0 aliphatic heterocycles. The van der Waals surface area contributed by atoms with Crippen molar-refractivity contribution in [2.45, 2.75) is 29.4 Å². The minimum atomic E-state index is -4.77. The van der Waals surface area contributed by atoms with E-state index in [0.29, 0.717) is 6.07 Å². The van der Waals surface area contributed by atoms with Crippen molar-refractivity contribution in [1.82, 2.24) is 9.88 Å². The fourth-order valence-electron chi connectivity index (χ4n) is 3.38.